The zero-order valence-electron chi connectivity index (χ0n) is 28.8. The van der Waals surface area contributed by atoms with Crippen LogP contribution >= 0.6 is 0 Å². The van der Waals surface area contributed by atoms with Crippen molar-refractivity contribution in [2.75, 3.05) is 6.54 Å². The summed E-state index contributed by atoms with van der Waals surface area (Å²) in [5.74, 6) is 0. The molecule has 0 radical (unpaired) electrons. The van der Waals surface area contributed by atoms with Gasteiger partial charge in [-0.2, -0.15) is 0 Å². The number of hydrogen-bond donors (Lipinski definition) is 1. The van der Waals surface area contributed by atoms with Crippen molar-refractivity contribution in [2.24, 2.45) is 0 Å². The predicted octanol–water partition coefficient (Wildman–Crippen LogP) is 11.6. The largest absolute Gasteiger partial charge is 0.385 e. The molecule has 0 bridgehead atoms. The second kappa shape index (κ2) is 13.6. The molecule has 0 fully saturated rings. The Bertz CT molecular complexity index is 2100. The van der Waals surface area contributed by atoms with Crippen LogP contribution in [0.4, 0.5) is 0 Å². The van der Waals surface area contributed by atoms with Crippen LogP contribution in [0.25, 0.3) is 39.5 Å². The van der Waals surface area contributed by atoms with E-state index in [9.17, 15) is 0 Å². The van der Waals surface area contributed by atoms with Crippen LogP contribution in [0.1, 0.15) is 72.2 Å². The van der Waals surface area contributed by atoms with Gasteiger partial charge in [0.1, 0.15) is 0 Å². The third kappa shape index (κ3) is 5.60. The van der Waals surface area contributed by atoms with E-state index in [4.69, 9.17) is 0 Å². The minimum absolute atomic E-state index is 0.298. The highest BCUT2D eigenvalue weighted by Crippen LogP contribution is 2.43. The molecular weight excluding hydrogens is 581 g/mol. The molecule has 0 saturated heterocycles. The highest BCUT2D eigenvalue weighted by Gasteiger charge is 2.32. The maximum Gasteiger partial charge on any atom is 0.0573 e. The standard InChI is InChI=1S/C46H46N2/c1-5-31-46(36-20-11-8-12-21-36,32-43(47-6-2)35-18-9-7-10-19-35)37-25-27-38(28-26-37)48-44-24-16-15-23-41(44)42-30-29-40(34(4)45(42)48)39-22-14-13-17-33(39)3/h7-14,16-22,24-30,32,47H,5-6,15,23,31H2,1-4H3/b43-32-. The highest BCUT2D eigenvalue weighted by molar-refractivity contribution is 5.97. The molecule has 6 aromatic rings. The van der Waals surface area contributed by atoms with Crippen LogP contribution in [0.2, 0.25) is 0 Å². The van der Waals surface area contributed by atoms with E-state index >= 15 is 0 Å². The normalized spacial score (nSPS) is 14.1. The lowest BCUT2D eigenvalue weighted by atomic mass is 9.70. The van der Waals surface area contributed by atoms with Gasteiger partial charge in [-0.05, 0) is 109 Å². The Hall–Kier alpha value is -5.08. The average Bonchev–Trinajstić information content (AvgIpc) is 3.48. The molecule has 7 rings (SSSR count). The third-order valence-corrected chi connectivity index (χ3v) is 10.2. The van der Waals surface area contributed by atoms with Crippen molar-refractivity contribution >= 4 is 22.7 Å². The molecule has 2 heteroatoms. The lowest BCUT2D eigenvalue weighted by Crippen LogP contribution is -2.28. The number of hydrogen-bond acceptors (Lipinski definition) is 1. The van der Waals surface area contributed by atoms with Gasteiger partial charge in [-0.25, -0.2) is 0 Å². The van der Waals surface area contributed by atoms with Crippen molar-refractivity contribution in [2.45, 2.75) is 58.8 Å². The van der Waals surface area contributed by atoms with Gasteiger partial charge in [0.05, 0.1) is 5.52 Å². The van der Waals surface area contributed by atoms with Crippen molar-refractivity contribution in [1.82, 2.24) is 9.88 Å². The van der Waals surface area contributed by atoms with Crippen LogP contribution < -0.4 is 5.32 Å². The van der Waals surface area contributed by atoms with Gasteiger partial charge in [-0.1, -0.05) is 129 Å². The van der Waals surface area contributed by atoms with Crippen molar-refractivity contribution in [3.05, 3.63) is 173 Å². The molecule has 1 aliphatic carbocycles. The Labute approximate surface area is 286 Å². The summed E-state index contributed by atoms with van der Waals surface area (Å²) in [4.78, 5) is 0. The molecule has 0 saturated carbocycles. The summed E-state index contributed by atoms with van der Waals surface area (Å²) in [6.07, 6.45) is 11.4. The first-order chi connectivity index (χ1) is 23.6. The fourth-order valence-electron chi connectivity index (χ4n) is 7.94. The van der Waals surface area contributed by atoms with Crippen molar-refractivity contribution < 1.29 is 0 Å². The van der Waals surface area contributed by atoms with Gasteiger partial charge in [0, 0.05) is 34.4 Å². The van der Waals surface area contributed by atoms with Crippen LogP contribution in [0, 0.1) is 13.8 Å². The molecule has 5 aromatic carbocycles. The van der Waals surface area contributed by atoms with Crippen LogP contribution in [-0.4, -0.2) is 11.1 Å². The first kappa shape index (κ1) is 31.5. The van der Waals surface area contributed by atoms with Gasteiger partial charge in [0.25, 0.3) is 0 Å². The molecule has 0 amide bonds. The number of allylic oxidation sites excluding steroid dienone is 2. The Kier molecular flexibility index (Phi) is 8.91. The number of nitrogens with one attached hydrogen (secondary N) is 1. The summed E-state index contributed by atoms with van der Waals surface area (Å²) < 4.78 is 2.52. The van der Waals surface area contributed by atoms with Gasteiger partial charge in [-0.15, -0.1) is 0 Å². The topological polar surface area (TPSA) is 17.0 Å². The highest BCUT2D eigenvalue weighted by atomic mass is 15.0. The van der Waals surface area contributed by atoms with Gasteiger partial charge in [-0.3, -0.25) is 0 Å². The number of aryl methyl sites for hydroxylation is 3. The molecule has 2 nitrogen and oxygen atoms in total. The fourth-order valence-corrected chi connectivity index (χ4v) is 7.94. The molecule has 0 spiro atoms. The Morgan fingerprint density at radius 1 is 0.750 bits per heavy atom. The third-order valence-electron chi connectivity index (χ3n) is 10.2. The van der Waals surface area contributed by atoms with E-state index < -0.39 is 0 Å². The summed E-state index contributed by atoms with van der Waals surface area (Å²) in [6, 6.07) is 44.8. The van der Waals surface area contributed by atoms with Crippen molar-refractivity contribution in [3.63, 3.8) is 0 Å². The molecule has 1 atom stereocenters. The number of rotatable bonds is 10. The number of benzene rings is 5. The molecule has 48 heavy (non-hydrogen) atoms. The lowest BCUT2D eigenvalue weighted by Gasteiger charge is -2.34. The Morgan fingerprint density at radius 2 is 1.44 bits per heavy atom. The molecular formula is C46H46N2. The summed E-state index contributed by atoms with van der Waals surface area (Å²) in [6.45, 7) is 9.86. The van der Waals surface area contributed by atoms with Gasteiger partial charge in [0.15, 0.2) is 0 Å². The fraction of sp³-hybridized carbons (Fsp3) is 0.217. The van der Waals surface area contributed by atoms with E-state index in [1.54, 1.807) is 0 Å². The summed E-state index contributed by atoms with van der Waals surface area (Å²) >= 11 is 0. The number of nitrogens with zero attached hydrogens (tertiary/aromatic N) is 1. The Balaban J connectivity index is 1.43. The average molecular weight is 627 g/mol. The second-order valence-corrected chi connectivity index (χ2v) is 13.2. The molecule has 0 aliphatic heterocycles. The van der Waals surface area contributed by atoms with Crippen LogP contribution in [-0.2, 0) is 11.8 Å². The van der Waals surface area contributed by atoms with E-state index in [2.05, 4.69) is 177 Å². The van der Waals surface area contributed by atoms with E-state index in [1.165, 1.54) is 72.5 Å². The van der Waals surface area contributed by atoms with Crippen LogP contribution in [0.15, 0.2) is 133 Å². The lowest BCUT2D eigenvalue weighted by molar-refractivity contribution is 0.568. The molecule has 1 aliphatic rings. The number of aromatic nitrogens is 1. The van der Waals surface area contributed by atoms with Crippen LogP contribution in [0.5, 0.6) is 0 Å². The predicted molar refractivity (Wildman–Crippen MR) is 206 cm³/mol. The van der Waals surface area contributed by atoms with Crippen molar-refractivity contribution in [3.8, 4) is 16.8 Å². The summed E-state index contributed by atoms with van der Waals surface area (Å²) in [7, 11) is 0. The molecule has 1 N–H and O–H groups in total. The van der Waals surface area contributed by atoms with E-state index in [0.717, 1.165) is 32.2 Å². The molecule has 1 heterocycles. The van der Waals surface area contributed by atoms with Crippen LogP contribution in [0.3, 0.4) is 0 Å². The second-order valence-electron chi connectivity index (χ2n) is 13.2. The molecule has 240 valence electrons. The summed E-state index contributed by atoms with van der Waals surface area (Å²) in [5, 5.41) is 5.09. The van der Waals surface area contributed by atoms with E-state index in [0.29, 0.717) is 0 Å². The number of fused-ring (bicyclic) bond motifs is 3. The zero-order valence-corrected chi connectivity index (χ0v) is 28.8. The maximum absolute atomic E-state index is 3.72. The minimum atomic E-state index is -0.298. The van der Waals surface area contributed by atoms with E-state index in [1.807, 2.05) is 0 Å². The van der Waals surface area contributed by atoms with E-state index in [-0.39, 0.29) is 5.41 Å². The van der Waals surface area contributed by atoms with Crippen molar-refractivity contribution in [1.29, 1.82) is 0 Å². The van der Waals surface area contributed by atoms with Gasteiger partial charge in [0.2, 0.25) is 0 Å². The van der Waals surface area contributed by atoms with Gasteiger partial charge >= 0.3 is 0 Å². The first-order valence-electron chi connectivity index (χ1n) is 17.6. The molecule has 1 aromatic heterocycles. The smallest absolute Gasteiger partial charge is 0.0573 e. The summed E-state index contributed by atoms with van der Waals surface area (Å²) in [5.41, 5.74) is 15.3. The quantitative estimate of drug-likeness (QED) is 0.160. The molecule has 1 unspecified atom stereocenters. The van der Waals surface area contributed by atoms with Gasteiger partial charge < -0.3 is 9.88 Å². The zero-order chi connectivity index (χ0) is 33.1. The maximum atomic E-state index is 3.72. The first-order valence-corrected chi connectivity index (χ1v) is 17.6. The SMILES string of the molecule is CCCC(/C=C(\NCC)c1ccccc1)(c1ccccc1)c1ccc(-n2c3c(c4ccc(-c5ccccc5C)c(C)c42)CCC=C3)cc1. The Morgan fingerprint density at radius 3 is 2.15 bits per heavy atom. The monoisotopic (exact) mass is 626 g/mol. The minimum Gasteiger partial charge on any atom is -0.385 e.